The van der Waals surface area contributed by atoms with Crippen molar-refractivity contribution in [1.29, 1.82) is 0 Å². The number of halogens is 3. The third-order valence-electron chi connectivity index (χ3n) is 6.22. The van der Waals surface area contributed by atoms with Crippen molar-refractivity contribution in [3.8, 4) is 5.75 Å². The molecule has 1 aliphatic rings. The molecule has 1 aromatic rings. The van der Waals surface area contributed by atoms with Crippen LogP contribution in [-0.2, 0) is 10.9 Å². The van der Waals surface area contributed by atoms with E-state index >= 15 is 0 Å². The molecule has 9 heteroatoms. The molecule has 6 unspecified atom stereocenters. The van der Waals surface area contributed by atoms with E-state index in [0.29, 0.717) is 6.42 Å². The monoisotopic (exact) mass is 504 g/mol. The Balaban J connectivity index is 1.77. The Kier molecular flexibility index (Phi) is 12.0. The number of aliphatic hydroxyl groups is 4. The van der Waals surface area contributed by atoms with Gasteiger partial charge in [0.05, 0.1) is 23.9 Å². The number of hydrogen-bond donors (Lipinski definition) is 4. The maximum Gasteiger partial charge on any atom is 0.416 e. The molecule has 200 valence electrons. The molecule has 0 saturated heterocycles. The van der Waals surface area contributed by atoms with Crippen molar-refractivity contribution in [2.75, 3.05) is 6.61 Å². The zero-order chi connectivity index (χ0) is 26.0. The molecule has 0 radical (unpaired) electrons. The number of alkyl halides is 3. The van der Waals surface area contributed by atoms with Gasteiger partial charge in [-0.05, 0) is 57.2 Å². The zero-order valence-electron chi connectivity index (χ0n) is 20.4. The molecule has 1 saturated carbocycles. The molecule has 1 fully saturated rings. The van der Waals surface area contributed by atoms with Crippen LogP contribution in [0, 0.1) is 11.8 Å². The molecular weight excluding hydrogens is 465 g/mol. The quantitative estimate of drug-likeness (QED) is 0.170. The molecule has 0 spiro atoms. The molecule has 0 aliphatic heterocycles. The summed E-state index contributed by atoms with van der Waals surface area (Å²) in [4.78, 5) is 0. The average Bonchev–Trinajstić information content (AvgIpc) is 3.04. The summed E-state index contributed by atoms with van der Waals surface area (Å²) in [7, 11) is 0. The van der Waals surface area contributed by atoms with Gasteiger partial charge >= 0.3 is 6.18 Å². The maximum atomic E-state index is 12.8. The van der Waals surface area contributed by atoms with Gasteiger partial charge in [0.15, 0.2) is 6.29 Å². The zero-order valence-corrected chi connectivity index (χ0v) is 20.4. The largest absolute Gasteiger partial charge is 0.491 e. The predicted molar refractivity (Wildman–Crippen MR) is 126 cm³/mol. The van der Waals surface area contributed by atoms with Crippen LogP contribution in [0.2, 0.25) is 0 Å². The highest BCUT2D eigenvalue weighted by atomic mass is 19.4. The highest BCUT2D eigenvalue weighted by Gasteiger charge is 2.39. The summed E-state index contributed by atoms with van der Waals surface area (Å²) in [5.74, 6) is -0.466. The van der Waals surface area contributed by atoms with E-state index in [1.165, 1.54) is 18.2 Å². The smallest absolute Gasteiger partial charge is 0.416 e. The van der Waals surface area contributed by atoms with Gasteiger partial charge in [-0.1, -0.05) is 37.5 Å². The molecule has 0 aromatic heterocycles. The number of ether oxygens (including phenoxy) is 2. The first-order valence-corrected chi connectivity index (χ1v) is 12.3. The number of aliphatic hydroxyl groups excluding tert-OH is 4. The molecule has 1 aromatic carbocycles. The van der Waals surface area contributed by atoms with E-state index in [1.54, 1.807) is 6.08 Å². The molecule has 0 amide bonds. The third-order valence-corrected chi connectivity index (χ3v) is 6.22. The van der Waals surface area contributed by atoms with E-state index in [-0.39, 0.29) is 36.7 Å². The van der Waals surface area contributed by atoms with Crippen molar-refractivity contribution in [3.05, 3.63) is 42.0 Å². The second-order valence-electron chi connectivity index (χ2n) is 9.53. The van der Waals surface area contributed by atoms with Crippen molar-refractivity contribution in [2.24, 2.45) is 11.8 Å². The van der Waals surface area contributed by atoms with Crippen LogP contribution >= 0.6 is 0 Å². The summed E-state index contributed by atoms with van der Waals surface area (Å²) in [6.07, 6.45) is 0.555. The number of benzene rings is 1. The summed E-state index contributed by atoms with van der Waals surface area (Å²) in [6.45, 7) is 3.51. The van der Waals surface area contributed by atoms with E-state index in [4.69, 9.17) is 9.47 Å². The molecule has 6 nitrogen and oxygen atoms in total. The van der Waals surface area contributed by atoms with Crippen molar-refractivity contribution in [1.82, 2.24) is 0 Å². The first-order chi connectivity index (χ1) is 16.5. The Morgan fingerprint density at radius 3 is 2.46 bits per heavy atom. The molecule has 6 atom stereocenters. The summed E-state index contributed by atoms with van der Waals surface area (Å²) >= 11 is 0. The lowest BCUT2D eigenvalue weighted by Crippen LogP contribution is -2.22. The number of hydrogen-bond acceptors (Lipinski definition) is 6. The van der Waals surface area contributed by atoms with Crippen LogP contribution in [0.25, 0.3) is 0 Å². The lowest BCUT2D eigenvalue weighted by Gasteiger charge is -2.21. The van der Waals surface area contributed by atoms with Crippen LogP contribution in [-0.4, -0.2) is 57.7 Å². The fraction of sp³-hybridized carbons (Fsp3) is 0.692. The third kappa shape index (κ3) is 10.5. The first-order valence-electron chi connectivity index (χ1n) is 12.3. The van der Waals surface area contributed by atoms with Gasteiger partial charge in [-0.3, -0.25) is 0 Å². The van der Waals surface area contributed by atoms with Crippen LogP contribution in [0.5, 0.6) is 5.75 Å². The normalized spacial score (nSPS) is 24.9. The lowest BCUT2D eigenvalue weighted by molar-refractivity contribution is -0.137. The van der Waals surface area contributed by atoms with Gasteiger partial charge in [-0.2, -0.15) is 13.2 Å². The van der Waals surface area contributed by atoms with Gasteiger partial charge in [0, 0.05) is 12.3 Å². The van der Waals surface area contributed by atoms with Gasteiger partial charge < -0.3 is 29.9 Å². The van der Waals surface area contributed by atoms with E-state index in [9.17, 15) is 33.6 Å². The van der Waals surface area contributed by atoms with Crippen LogP contribution in [0.15, 0.2) is 36.4 Å². The van der Waals surface area contributed by atoms with E-state index < -0.39 is 36.3 Å². The summed E-state index contributed by atoms with van der Waals surface area (Å²) < 4.78 is 49.0. The van der Waals surface area contributed by atoms with Crippen LogP contribution < -0.4 is 4.74 Å². The average molecular weight is 505 g/mol. The van der Waals surface area contributed by atoms with Gasteiger partial charge in [-0.15, -0.1) is 0 Å². The van der Waals surface area contributed by atoms with Crippen LogP contribution in [0.3, 0.4) is 0 Å². The highest BCUT2D eigenvalue weighted by molar-refractivity contribution is 5.30. The second kappa shape index (κ2) is 14.2. The Labute approximate surface area is 205 Å². The Bertz CT molecular complexity index is 770. The summed E-state index contributed by atoms with van der Waals surface area (Å²) in [6, 6.07) is 4.45. The summed E-state index contributed by atoms with van der Waals surface area (Å²) in [5, 5.41) is 40.7. The molecule has 35 heavy (non-hydrogen) atoms. The molecule has 0 bridgehead atoms. The van der Waals surface area contributed by atoms with E-state index in [0.717, 1.165) is 44.2 Å². The highest BCUT2D eigenvalue weighted by Crippen LogP contribution is 2.37. The fourth-order valence-corrected chi connectivity index (χ4v) is 4.47. The van der Waals surface area contributed by atoms with Gasteiger partial charge in [0.1, 0.15) is 18.5 Å². The maximum absolute atomic E-state index is 12.8. The van der Waals surface area contributed by atoms with E-state index in [1.807, 2.05) is 13.8 Å². The van der Waals surface area contributed by atoms with Crippen molar-refractivity contribution in [2.45, 2.75) is 95.7 Å². The predicted octanol–water partition coefficient (Wildman–Crippen LogP) is 4.44. The van der Waals surface area contributed by atoms with Crippen molar-refractivity contribution >= 4 is 0 Å². The van der Waals surface area contributed by atoms with Crippen molar-refractivity contribution in [3.63, 3.8) is 0 Å². The minimum atomic E-state index is -4.48. The Morgan fingerprint density at radius 1 is 1.06 bits per heavy atom. The molecular formula is C26H39F3O6. The number of rotatable bonds is 14. The lowest BCUT2D eigenvalue weighted by atomic mass is 9.88. The van der Waals surface area contributed by atoms with Gasteiger partial charge in [-0.25, -0.2) is 0 Å². The van der Waals surface area contributed by atoms with Crippen LogP contribution in [0.4, 0.5) is 13.2 Å². The Morgan fingerprint density at radius 2 is 1.77 bits per heavy atom. The Hall–Kier alpha value is -1.65. The van der Waals surface area contributed by atoms with Gasteiger partial charge in [0.25, 0.3) is 0 Å². The minimum Gasteiger partial charge on any atom is -0.491 e. The summed E-state index contributed by atoms with van der Waals surface area (Å²) in [5.41, 5.74) is -0.828. The minimum absolute atomic E-state index is 0.00441. The molecule has 2 rings (SSSR count). The first kappa shape index (κ1) is 29.6. The standard InChI is InChI=1S/C26H39F3O6/c1-17(2)35-25(33)11-6-4-3-5-10-21-22(24(32)15-23(21)31)13-12-19(30)16-34-20-9-7-8-18(14-20)26(27,28)29/h7-9,12-14,17,19,21-25,30-33H,3-6,10-11,15-16H2,1-2H3. The molecule has 1 aliphatic carbocycles. The molecule has 0 heterocycles. The van der Waals surface area contributed by atoms with Crippen LogP contribution in [0.1, 0.15) is 64.4 Å². The van der Waals surface area contributed by atoms with E-state index in [2.05, 4.69) is 0 Å². The fourth-order valence-electron chi connectivity index (χ4n) is 4.47. The second-order valence-corrected chi connectivity index (χ2v) is 9.53. The number of unbranched alkanes of at least 4 members (excludes halogenated alkanes) is 3. The molecule has 4 N–H and O–H groups in total. The topological polar surface area (TPSA) is 99.4 Å². The van der Waals surface area contributed by atoms with Crippen molar-refractivity contribution < 1.29 is 43.1 Å². The SMILES string of the molecule is CC(C)OC(O)CCCCCCC1C(O)CC(O)C1C=CC(O)COc1cccc(C(F)(F)F)c1. The van der Waals surface area contributed by atoms with Gasteiger partial charge in [0.2, 0.25) is 0 Å².